The lowest BCUT2D eigenvalue weighted by atomic mass is 10.00. The van der Waals surface area contributed by atoms with Crippen LogP contribution in [0, 0.1) is 0 Å². The van der Waals surface area contributed by atoms with Gasteiger partial charge in [-0.1, -0.05) is 5.16 Å². The van der Waals surface area contributed by atoms with E-state index in [9.17, 15) is 27.2 Å². The maximum atomic E-state index is 13.2. The van der Waals surface area contributed by atoms with E-state index in [0.717, 1.165) is 11.3 Å². The molecule has 2 atom stereocenters. The molecule has 158 valence electrons. The highest BCUT2D eigenvalue weighted by Gasteiger charge is 2.56. The number of amides is 2. The normalized spacial score (nSPS) is 23.3. The van der Waals surface area contributed by atoms with Crippen molar-refractivity contribution in [2.24, 2.45) is 5.16 Å². The van der Waals surface area contributed by atoms with Gasteiger partial charge in [0.15, 0.2) is 10.8 Å². The molecule has 5 N–H and O–H groups in total. The Morgan fingerprint density at radius 1 is 1.52 bits per heavy atom. The van der Waals surface area contributed by atoms with E-state index in [1.807, 2.05) is 0 Å². The van der Waals surface area contributed by atoms with Crippen LogP contribution in [0.25, 0.3) is 0 Å². The number of rotatable bonds is 8. The van der Waals surface area contributed by atoms with Gasteiger partial charge in [-0.05, 0) is 0 Å². The molecule has 0 spiro atoms. The van der Waals surface area contributed by atoms with E-state index in [1.165, 1.54) is 5.38 Å². The van der Waals surface area contributed by atoms with Crippen LogP contribution in [-0.4, -0.2) is 75.2 Å². The third-order valence-electron chi connectivity index (χ3n) is 4.25. The predicted molar refractivity (Wildman–Crippen MR) is 93.8 cm³/mol. The number of nitrogens with one attached hydrogen (secondary N) is 1. The quantitative estimate of drug-likeness (QED) is 0.156. The molecule has 1 saturated carbocycles. The highest BCUT2D eigenvalue weighted by molar-refractivity contribution is 7.84. The first-order chi connectivity index (χ1) is 13.5. The number of carbonyl (C=O) groups is 3. The van der Waals surface area contributed by atoms with E-state index in [-0.39, 0.29) is 28.0 Å². The number of hydrogen-bond donors (Lipinski definition) is 4. The Morgan fingerprint density at radius 2 is 2.17 bits per heavy atom. The molecule has 29 heavy (non-hydrogen) atoms. The number of carboxylic acids is 1. The Kier molecular flexibility index (Phi) is 5.18. The molecule has 0 aromatic carbocycles. The number of nitrogen functional groups attached to an aromatic ring is 1. The average Bonchev–Trinajstić information content (AvgIpc) is 3.31. The predicted octanol–water partition coefficient (Wildman–Crippen LogP) is -1.47. The second kappa shape index (κ2) is 7.20. The van der Waals surface area contributed by atoms with Gasteiger partial charge >= 0.3 is 16.3 Å². The van der Waals surface area contributed by atoms with Gasteiger partial charge in [0.2, 0.25) is 5.60 Å². The standard InChI is InChI=1S/C13H14FN5O8S2/c14-3-6-8(10(21)19(6)29(24,25)26)17-9(20)7(5-4-28-12(15)16-5)18-27-13(1-2-13)11(22)23/h4,6,8H,1-3H2,(H2,15,16)(H,17,20)(H,22,23)(H,24,25,26)/t6-,8-/m0/s1. The van der Waals surface area contributed by atoms with Gasteiger partial charge in [-0.2, -0.15) is 8.42 Å². The van der Waals surface area contributed by atoms with Crippen LogP contribution in [0.1, 0.15) is 18.5 Å². The molecule has 0 unspecified atom stereocenters. The zero-order chi connectivity index (χ0) is 21.6. The summed E-state index contributed by atoms with van der Waals surface area (Å²) in [5.74, 6) is -3.65. The van der Waals surface area contributed by atoms with E-state index in [0.29, 0.717) is 0 Å². The van der Waals surface area contributed by atoms with Crippen LogP contribution in [0.4, 0.5) is 9.52 Å². The van der Waals surface area contributed by atoms with E-state index in [4.69, 9.17) is 20.2 Å². The van der Waals surface area contributed by atoms with Gasteiger partial charge < -0.3 is 21.0 Å². The van der Waals surface area contributed by atoms with Crippen molar-refractivity contribution in [3.63, 3.8) is 0 Å². The molecule has 1 aromatic rings. The fourth-order valence-corrected chi connectivity index (χ4v) is 3.92. The highest BCUT2D eigenvalue weighted by atomic mass is 32.2. The fraction of sp³-hybridized carbons (Fsp3) is 0.462. The van der Waals surface area contributed by atoms with E-state index >= 15 is 0 Å². The zero-order valence-electron chi connectivity index (χ0n) is 14.3. The summed E-state index contributed by atoms with van der Waals surface area (Å²) in [6.07, 6.45) is 0.322. The van der Waals surface area contributed by atoms with Gasteiger partial charge in [-0.15, -0.1) is 11.3 Å². The summed E-state index contributed by atoms with van der Waals surface area (Å²) in [5.41, 5.74) is 3.29. The molecule has 2 amide bonds. The number of anilines is 1. The van der Waals surface area contributed by atoms with Crippen LogP contribution < -0.4 is 11.1 Å². The molecule has 0 bridgehead atoms. The summed E-state index contributed by atoms with van der Waals surface area (Å²) in [4.78, 5) is 44.5. The van der Waals surface area contributed by atoms with E-state index in [2.05, 4.69) is 15.5 Å². The van der Waals surface area contributed by atoms with Crippen molar-refractivity contribution in [2.75, 3.05) is 12.4 Å². The van der Waals surface area contributed by atoms with Crippen molar-refractivity contribution in [1.82, 2.24) is 14.6 Å². The molecule has 16 heteroatoms. The van der Waals surface area contributed by atoms with Crippen LogP contribution >= 0.6 is 11.3 Å². The minimum Gasteiger partial charge on any atom is -0.478 e. The number of thiazole rings is 1. The summed E-state index contributed by atoms with van der Waals surface area (Å²) in [5, 5.41) is 16.1. The minimum atomic E-state index is -5.00. The van der Waals surface area contributed by atoms with Crippen molar-refractivity contribution in [3.8, 4) is 0 Å². The van der Waals surface area contributed by atoms with Crippen LogP contribution in [0.5, 0.6) is 0 Å². The molecule has 2 aliphatic rings. The van der Waals surface area contributed by atoms with Crippen LogP contribution in [0.15, 0.2) is 10.5 Å². The smallest absolute Gasteiger partial charge is 0.362 e. The summed E-state index contributed by atoms with van der Waals surface area (Å²) in [6, 6.07) is -3.26. The zero-order valence-corrected chi connectivity index (χ0v) is 15.9. The number of halogens is 1. The van der Waals surface area contributed by atoms with Crippen molar-refractivity contribution >= 4 is 50.3 Å². The maximum absolute atomic E-state index is 13.2. The number of oxime groups is 1. The van der Waals surface area contributed by atoms with Crippen molar-refractivity contribution in [3.05, 3.63) is 11.1 Å². The lowest BCUT2D eigenvalue weighted by Crippen LogP contribution is -2.73. The Bertz CT molecular complexity index is 1000. The SMILES string of the molecule is Nc1nc(C(=NOC2(C(=O)O)CC2)C(=O)N[C@@H]2C(=O)N(S(=O)(=O)O)[C@H]2CF)cs1. The third-order valence-corrected chi connectivity index (χ3v) is 5.87. The van der Waals surface area contributed by atoms with Crippen molar-refractivity contribution in [2.45, 2.75) is 30.5 Å². The second-order valence-corrected chi connectivity index (χ2v) is 8.36. The van der Waals surface area contributed by atoms with Gasteiger partial charge in [-0.3, -0.25) is 14.1 Å². The summed E-state index contributed by atoms with van der Waals surface area (Å²) in [7, 11) is -5.00. The fourth-order valence-electron chi connectivity index (χ4n) is 2.51. The maximum Gasteiger partial charge on any atom is 0.362 e. The second-order valence-electron chi connectivity index (χ2n) is 6.19. The first-order valence-electron chi connectivity index (χ1n) is 7.88. The topological polar surface area (TPSA) is 202 Å². The summed E-state index contributed by atoms with van der Waals surface area (Å²) < 4.78 is 44.3. The van der Waals surface area contributed by atoms with Gasteiger partial charge in [0.25, 0.3) is 11.8 Å². The molecule has 2 heterocycles. The first-order valence-corrected chi connectivity index (χ1v) is 10.2. The van der Waals surface area contributed by atoms with Crippen molar-refractivity contribution in [1.29, 1.82) is 0 Å². The van der Waals surface area contributed by atoms with Crippen molar-refractivity contribution < 1.29 is 41.7 Å². The lowest BCUT2D eigenvalue weighted by molar-refractivity contribution is -0.153. The Balaban J connectivity index is 1.82. The number of nitrogens with two attached hydrogens (primary N) is 1. The number of alkyl halides is 1. The van der Waals surface area contributed by atoms with Gasteiger partial charge in [0.1, 0.15) is 24.5 Å². The van der Waals surface area contributed by atoms with E-state index in [1.54, 1.807) is 0 Å². The summed E-state index contributed by atoms with van der Waals surface area (Å²) in [6.45, 7) is -1.37. The Labute approximate surface area is 166 Å². The first kappa shape index (κ1) is 20.9. The molecule has 13 nitrogen and oxygen atoms in total. The van der Waals surface area contributed by atoms with Gasteiger partial charge in [0, 0.05) is 18.2 Å². The molecule has 1 aliphatic carbocycles. The molecule has 0 radical (unpaired) electrons. The van der Waals surface area contributed by atoms with Crippen LogP contribution in [-0.2, 0) is 29.5 Å². The van der Waals surface area contributed by atoms with Crippen LogP contribution in [0.2, 0.25) is 0 Å². The Morgan fingerprint density at radius 3 is 2.62 bits per heavy atom. The number of aliphatic carboxylic acids is 1. The summed E-state index contributed by atoms with van der Waals surface area (Å²) >= 11 is 0.940. The highest BCUT2D eigenvalue weighted by Crippen LogP contribution is 2.40. The number of carbonyl (C=O) groups excluding carboxylic acids is 2. The number of nitrogens with zero attached hydrogens (tertiary/aromatic N) is 3. The molecule has 1 aromatic heterocycles. The number of carboxylic acid groups (broad SMARTS) is 1. The Hall–Kier alpha value is -2.85. The number of hydrogen-bond acceptors (Lipinski definition) is 10. The lowest BCUT2D eigenvalue weighted by Gasteiger charge is -2.42. The number of β-lactam (4-membered cyclic amide) rings is 1. The molecule has 1 saturated heterocycles. The van der Waals surface area contributed by atoms with Gasteiger partial charge in [-0.25, -0.2) is 18.5 Å². The average molecular weight is 451 g/mol. The molecule has 3 rings (SSSR count). The minimum absolute atomic E-state index is 0.0544. The number of aromatic nitrogens is 1. The van der Waals surface area contributed by atoms with Crippen LogP contribution in [0.3, 0.4) is 0 Å². The molecular formula is C13H14FN5O8S2. The van der Waals surface area contributed by atoms with E-state index < -0.39 is 58.2 Å². The molecule has 2 fully saturated rings. The largest absolute Gasteiger partial charge is 0.478 e. The van der Waals surface area contributed by atoms with Gasteiger partial charge in [0.05, 0.1) is 0 Å². The monoisotopic (exact) mass is 451 g/mol. The third kappa shape index (κ3) is 3.85. The molecule has 1 aliphatic heterocycles. The molecular weight excluding hydrogens is 437 g/mol.